The number of hydrogen-bond donors (Lipinski definition) is 1. The Morgan fingerprint density at radius 2 is 2.11 bits per heavy atom. The molecule has 2 nitrogen and oxygen atoms in total. The standard InChI is InChI=1S/C6H11NO.Ca.2H/c1-4-6(8)7-5(2)3;;;/h4-5H,1H2,2-3H3,(H,7,8);;;. The van der Waals surface area contributed by atoms with E-state index in [2.05, 4.69) is 11.9 Å². The molecule has 0 heterocycles. The van der Waals surface area contributed by atoms with Crippen LogP contribution in [0, 0.1) is 0 Å². The Morgan fingerprint density at radius 1 is 1.67 bits per heavy atom. The van der Waals surface area contributed by atoms with E-state index >= 15 is 0 Å². The van der Waals surface area contributed by atoms with Crippen LogP contribution in [0.5, 0.6) is 0 Å². The molecule has 0 spiro atoms. The molecule has 9 heavy (non-hydrogen) atoms. The van der Waals surface area contributed by atoms with Gasteiger partial charge in [0.1, 0.15) is 0 Å². The Labute approximate surface area is 85.7 Å². The molecule has 0 bridgehead atoms. The molecule has 0 unspecified atom stereocenters. The van der Waals surface area contributed by atoms with Crippen LogP contribution in [0.15, 0.2) is 12.7 Å². The Kier molecular flexibility index (Phi) is 8.91. The second kappa shape index (κ2) is 6.59. The SMILES string of the molecule is C=CC(=O)NC(C)C.[CaH2]. The van der Waals surface area contributed by atoms with Crippen LogP contribution in [-0.4, -0.2) is 49.7 Å². The number of nitrogens with one attached hydrogen (secondary N) is 1. The number of carbonyl (C=O) groups is 1. The zero-order valence-corrected chi connectivity index (χ0v) is 5.27. The first-order chi connectivity index (χ1) is 3.66. The molecule has 0 aromatic heterocycles. The van der Waals surface area contributed by atoms with Gasteiger partial charge in [-0.2, -0.15) is 0 Å². The summed E-state index contributed by atoms with van der Waals surface area (Å²) in [5.74, 6) is -0.111. The van der Waals surface area contributed by atoms with Crippen LogP contribution >= 0.6 is 0 Å². The van der Waals surface area contributed by atoms with Crippen molar-refractivity contribution in [2.75, 3.05) is 0 Å². The predicted molar refractivity (Wildman–Crippen MR) is 42.0 cm³/mol. The summed E-state index contributed by atoms with van der Waals surface area (Å²) in [4.78, 5) is 10.4. The molecule has 1 amide bonds. The van der Waals surface area contributed by atoms with Gasteiger partial charge in [-0.05, 0) is 19.9 Å². The molecule has 0 aliphatic heterocycles. The van der Waals surface area contributed by atoms with Crippen LogP contribution in [0.4, 0.5) is 0 Å². The molecule has 50 valence electrons. The molecular weight excluding hydrogens is 142 g/mol. The van der Waals surface area contributed by atoms with Crippen molar-refractivity contribution in [2.24, 2.45) is 0 Å². The van der Waals surface area contributed by atoms with E-state index < -0.39 is 0 Å². The molecule has 3 heteroatoms. The molecular formula is C6H13CaNO. The summed E-state index contributed by atoms with van der Waals surface area (Å²) in [5, 5.41) is 2.64. The predicted octanol–water partition coefficient (Wildman–Crippen LogP) is -0.219. The average molecular weight is 155 g/mol. The topological polar surface area (TPSA) is 29.1 Å². The molecule has 0 aliphatic rings. The quantitative estimate of drug-likeness (QED) is 0.433. The summed E-state index contributed by atoms with van der Waals surface area (Å²) >= 11 is 0. The average Bonchev–Trinajstić information content (AvgIpc) is 1.65. The third-order valence-corrected chi connectivity index (χ3v) is 0.616. The number of rotatable bonds is 2. The van der Waals surface area contributed by atoms with E-state index in [1.807, 2.05) is 13.8 Å². The van der Waals surface area contributed by atoms with Gasteiger partial charge in [0.2, 0.25) is 5.91 Å². The van der Waals surface area contributed by atoms with E-state index in [4.69, 9.17) is 0 Å². The maximum atomic E-state index is 10.4. The van der Waals surface area contributed by atoms with Gasteiger partial charge in [0.05, 0.1) is 0 Å². The molecule has 0 aliphatic carbocycles. The second-order valence-corrected chi connectivity index (χ2v) is 1.87. The van der Waals surface area contributed by atoms with Crippen LogP contribution in [0.2, 0.25) is 0 Å². The van der Waals surface area contributed by atoms with Crippen molar-refractivity contribution in [3.05, 3.63) is 12.7 Å². The van der Waals surface area contributed by atoms with Crippen molar-refractivity contribution in [1.82, 2.24) is 5.32 Å². The summed E-state index contributed by atoms with van der Waals surface area (Å²) in [6.45, 7) is 7.11. The maximum absolute atomic E-state index is 10.4. The summed E-state index contributed by atoms with van der Waals surface area (Å²) in [6.07, 6.45) is 1.26. The van der Waals surface area contributed by atoms with Crippen molar-refractivity contribution < 1.29 is 4.79 Å². The van der Waals surface area contributed by atoms with Crippen LogP contribution in [0.3, 0.4) is 0 Å². The van der Waals surface area contributed by atoms with Gasteiger partial charge in [-0.25, -0.2) is 0 Å². The monoisotopic (exact) mass is 155 g/mol. The molecule has 0 atom stereocenters. The molecule has 0 rings (SSSR count). The fourth-order valence-electron chi connectivity index (χ4n) is 0.343. The fraction of sp³-hybridized carbons (Fsp3) is 0.500. The number of hydrogen-bond acceptors (Lipinski definition) is 1. The molecule has 0 saturated carbocycles. The van der Waals surface area contributed by atoms with Crippen LogP contribution in [0.1, 0.15) is 13.8 Å². The van der Waals surface area contributed by atoms with Gasteiger partial charge < -0.3 is 5.32 Å². The molecule has 0 radical (unpaired) electrons. The summed E-state index contributed by atoms with van der Waals surface area (Å²) in [7, 11) is 0. The Morgan fingerprint density at radius 3 is 2.22 bits per heavy atom. The minimum absolute atomic E-state index is 0. The van der Waals surface area contributed by atoms with Gasteiger partial charge in [-0.3, -0.25) is 4.79 Å². The van der Waals surface area contributed by atoms with E-state index in [1.165, 1.54) is 6.08 Å². The van der Waals surface area contributed by atoms with E-state index in [9.17, 15) is 4.79 Å². The van der Waals surface area contributed by atoms with E-state index in [0.29, 0.717) is 0 Å². The van der Waals surface area contributed by atoms with Gasteiger partial charge in [-0.15, -0.1) is 0 Å². The molecule has 0 aromatic rings. The minimum atomic E-state index is -0.111. The van der Waals surface area contributed by atoms with Crippen molar-refractivity contribution in [2.45, 2.75) is 19.9 Å². The van der Waals surface area contributed by atoms with Gasteiger partial charge in [0.15, 0.2) is 0 Å². The third-order valence-electron chi connectivity index (χ3n) is 0.616. The third kappa shape index (κ3) is 8.47. The van der Waals surface area contributed by atoms with E-state index in [-0.39, 0.29) is 49.7 Å². The first-order valence-electron chi connectivity index (χ1n) is 2.59. The van der Waals surface area contributed by atoms with Crippen LogP contribution in [-0.2, 0) is 4.79 Å². The zero-order chi connectivity index (χ0) is 6.57. The van der Waals surface area contributed by atoms with E-state index in [1.54, 1.807) is 0 Å². The Bertz CT molecular complexity index is 101. The fourth-order valence-corrected chi connectivity index (χ4v) is 0.343. The number of carbonyl (C=O) groups excluding carboxylic acids is 1. The van der Waals surface area contributed by atoms with Gasteiger partial charge >= 0.3 is 37.7 Å². The first-order valence-corrected chi connectivity index (χ1v) is 2.59. The summed E-state index contributed by atoms with van der Waals surface area (Å²) in [6, 6.07) is 0.209. The van der Waals surface area contributed by atoms with Gasteiger partial charge in [0.25, 0.3) is 0 Å². The van der Waals surface area contributed by atoms with E-state index in [0.717, 1.165) is 0 Å². The molecule has 0 fully saturated rings. The van der Waals surface area contributed by atoms with Crippen molar-refractivity contribution in [1.29, 1.82) is 0 Å². The van der Waals surface area contributed by atoms with Crippen molar-refractivity contribution in [3.8, 4) is 0 Å². The van der Waals surface area contributed by atoms with Crippen molar-refractivity contribution >= 4 is 43.6 Å². The molecule has 0 aromatic carbocycles. The molecule has 1 N–H and O–H groups in total. The normalized spacial score (nSPS) is 7.89. The first kappa shape index (κ1) is 12.2. The van der Waals surface area contributed by atoms with Gasteiger partial charge in [0, 0.05) is 6.04 Å². The Balaban J connectivity index is 0. The van der Waals surface area contributed by atoms with Crippen LogP contribution < -0.4 is 5.32 Å². The summed E-state index contributed by atoms with van der Waals surface area (Å²) < 4.78 is 0. The van der Waals surface area contributed by atoms with Crippen molar-refractivity contribution in [3.63, 3.8) is 0 Å². The second-order valence-electron chi connectivity index (χ2n) is 1.87. The zero-order valence-electron chi connectivity index (χ0n) is 5.27. The Hall–Kier alpha value is 0.470. The van der Waals surface area contributed by atoms with Crippen LogP contribution in [0.25, 0.3) is 0 Å². The number of amides is 1. The molecule has 0 saturated heterocycles. The summed E-state index contributed by atoms with van der Waals surface area (Å²) in [5.41, 5.74) is 0. The van der Waals surface area contributed by atoms with Gasteiger partial charge in [-0.1, -0.05) is 6.58 Å².